The molecule has 0 aromatic heterocycles. The molecule has 0 saturated heterocycles. The summed E-state index contributed by atoms with van der Waals surface area (Å²) < 4.78 is 6.11. The van der Waals surface area contributed by atoms with Crippen LogP contribution in [0, 0.1) is 0 Å². The maximum absolute atomic E-state index is 12.4. The molecule has 6 nitrogen and oxygen atoms in total. The second kappa shape index (κ2) is 8.32. The van der Waals surface area contributed by atoms with Crippen molar-refractivity contribution in [1.29, 1.82) is 0 Å². The van der Waals surface area contributed by atoms with Crippen molar-refractivity contribution in [2.75, 3.05) is 6.61 Å². The quantitative estimate of drug-likeness (QED) is 0.140. The van der Waals surface area contributed by atoms with Crippen LogP contribution >= 0.6 is 22.6 Å². The fourth-order valence-electron chi connectivity index (χ4n) is 1.56. The average molecular weight is 415 g/mol. The van der Waals surface area contributed by atoms with Crippen molar-refractivity contribution in [2.24, 2.45) is 5.73 Å². The number of benzene rings is 1. The Morgan fingerprint density at radius 3 is 2.45 bits per heavy atom. The fourth-order valence-corrected chi connectivity index (χ4v) is 2.03. The van der Waals surface area contributed by atoms with Gasteiger partial charge in [-0.25, -0.2) is 4.79 Å². The monoisotopic (exact) mass is 415 g/mol. The SMILES string of the molecule is CCOC(=O)/C(=C/C(=C\I)C(=O)c1ccccc1O)C(N)=O. The van der Waals surface area contributed by atoms with E-state index in [9.17, 15) is 19.5 Å². The highest BCUT2D eigenvalue weighted by molar-refractivity contribution is 14.1. The van der Waals surface area contributed by atoms with Gasteiger partial charge in [0.1, 0.15) is 11.3 Å². The molecule has 1 rings (SSSR count). The number of Topliss-reactive ketones (excluding diaryl/α,β-unsaturated/α-hetero) is 1. The van der Waals surface area contributed by atoms with Crippen LogP contribution in [0.1, 0.15) is 17.3 Å². The molecule has 116 valence electrons. The summed E-state index contributed by atoms with van der Waals surface area (Å²) in [6.07, 6.45) is 1.06. The Labute approximate surface area is 140 Å². The van der Waals surface area contributed by atoms with Crippen LogP contribution in [0.2, 0.25) is 0 Å². The first-order valence-electron chi connectivity index (χ1n) is 6.24. The zero-order valence-corrected chi connectivity index (χ0v) is 13.9. The van der Waals surface area contributed by atoms with Crippen molar-refractivity contribution >= 4 is 40.3 Å². The number of nitrogens with two attached hydrogens (primary N) is 1. The second-order valence-corrected chi connectivity index (χ2v) is 4.68. The molecular formula is C15H14INO5. The number of phenolic OH excluding ortho intramolecular Hbond substituents is 1. The van der Waals surface area contributed by atoms with Gasteiger partial charge in [-0.15, -0.1) is 0 Å². The van der Waals surface area contributed by atoms with E-state index in [0.717, 1.165) is 6.08 Å². The summed E-state index contributed by atoms with van der Waals surface area (Å²) in [5.74, 6) is -2.65. The molecule has 0 saturated carbocycles. The minimum Gasteiger partial charge on any atom is -0.507 e. The number of carbonyl (C=O) groups excluding carboxylic acids is 3. The molecule has 1 aromatic rings. The molecule has 0 aliphatic rings. The summed E-state index contributed by atoms with van der Waals surface area (Å²) in [5.41, 5.74) is 4.79. The van der Waals surface area contributed by atoms with Crippen LogP contribution in [0.3, 0.4) is 0 Å². The molecule has 0 aliphatic heterocycles. The van der Waals surface area contributed by atoms with Gasteiger partial charge in [0, 0.05) is 5.57 Å². The average Bonchev–Trinajstić information content (AvgIpc) is 2.48. The highest BCUT2D eigenvalue weighted by Gasteiger charge is 2.21. The number of hydrogen-bond donors (Lipinski definition) is 2. The van der Waals surface area contributed by atoms with Gasteiger partial charge in [0.15, 0.2) is 5.78 Å². The maximum atomic E-state index is 12.4. The highest BCUT2D eigenvalue weighted by atomic mass is 127. The predicted octanol–water partition coefficient (Wildman–Crippen LogP) is 1.87. The van der Waals surface area contributed by atoms with Crippen molar-refractivity contribution in [3.05, 3.63) is 51.1 Å². The largest absolute Gasteiger partial charge is 0.507 e. The van der Waals surface area contributed by atoms with E-state index in [2.05, 4.69) is 0 Å². The standard InChI is InChI=1S/C15H14INO5/c1-2-22-15(21)11(14(17)20)7-9(8-16)13(19)10-5-3-4-6-12(10)18/h3-8,18H,2H2,1H3,(H2,17,20)/b9-8+,11-7+. The van der Waals surface area contributed by atoms with Crippen molar-refractivity contribution in [3.63, 3.8) is 0 Å². The number of ketones is 1. The molecular weight excluding hydrogens is 401 g/mol. The van der Waals surface area contributed by atoms with Crippen LogP contribution in [-0.2, 0) is 14.3 Å². The normalized spacial score (nSPS) is 11.9. The van der Waals surface area contributed by atoms with Crippen molar-refractivity contribution < 1.29 is 24.2 Å². The number of para-hydroxylation sites is 1. The van der Waals surface area contributed by atoms with E-state index in [1.807, 2.05) is 0 Å². The third-order valence-electron chi connectivity index (χ3n) is 2.59. The predicted molar refractivity (Wildman–Crippen MR) is 88.5 cm³/mol. The molecule has 3 N–H and O–H groups in total. The van der Waals surface area contributed by atoms with Gasteiger partial charge in [-0.1, -0.05) is 34.7 Å². The van der Waals surface area contributed by atoms with Crippen LogP contribution in [0.25, 0.3) is 0 Å². The van der Waals surface area contributed by atoms with E-state index in [1.165, 1.54) is 16.2 Å². The van der Waals surface area contributed by atoms with Gasteiger partial charge in [-0.2, -0.15) is 0 Å². The van der Waals surface area contributed by atoms with E-state index in [4.69, 9.17) is 10.5 Å². The zero-order chi connectivity index (χ0) is 16.7. The number of halogens is 1. The molecule has 0 atom stereocenters. The summed E-state index contributed by atoms with van der Waals surface area (Å²) in [4.78, 5) is 35.4. The van der Waals surface area contributed by atoms with Gasteiger partial charge in [0.05, 0.1) is 12.2 Å². The number of ether oxygens (including phenoxy) is 1. The Bertz CT molecular complexity index is 664. The van der Waals surface area contributed by atoms with E-state index in [0.29, 0.717) is 0 Å². The van der Waals surface area contributed by atoms with E-state index in [-0.39, 0.29) is 23.5 Å². The number of carbonyl (C=O) groups is 3. The number of hydrogen-bond acceptors (Lipinski definition) is 5. The molecule has 0 heterocycles. The molecule has 1 amide bonds. The minimum absolute atomic E-state index is 0.0314. The van der Waals surface area contributed by atoms with Crippen molar-refractivity contribution in [2.45, 2.75) is 6.92 Å². The molecule has 0 spiro atoms. The molecule has 7 heteroatoms. The molecule has 1 aromatic carbocycles. The summed E-state index contributed by atoms with van der Waals surface area (Å²) >= 11 is 1.79. The number of amides is 1. The number of esters is 1. The number of primary amides is 1. The fraction of sp³-hybridized carbons (Fsp3) is 0.133. The number of allylic oxidation sites excluding steroid dienone is 2. The van der Waals surface area contributed by atoms with Gasteiger partial charge in [-0.05, 0) is 29.2 Å². The summed E-state index contributed by atoms with van der Waals surface area (Å²) in [6.45, 7) is 1.65. The Morgan fingerprint density at radius 2 is 1.95 bits per heavy atom. The number of phenols is 1. The summed E-state index contributed by atoms with van der Waals surface area (Å²) in [7, 11) is 0. The van der Waals surface area contributed by atoms with Crippen LogP contribution in [0.4, 0.5) is 0 Å². The van der Waals surface area contributed by atoms with Crippen LogP contribution in [0.5, 0.6) is 5.75 Å². The smallest absolute Gasteiger partial charge is 0.343 e. The van der Waals surface area contributed by atoms with Crippen molar-refractivity contribution in [1.82, 2.24) is 0 Å². The lowest BCUT2D eigenvalue weighted by Crippen LogP contribution is -2.23. The lowest BCUT2D eigenvalue weighted by molar-refractivity contribution is -0.139. The molecule has 0 radical (unpaired) electrons. The summed E-state index contributed by atoms with van der Waals surface area (Å²) in [6, 6.07) is 5.95. The first-order valence-corrected chi connectivity index (χ1v) is 7.48. The van der Waals surface area contributed by atoms with Gasteiger partial charge < -0.3 is 15.6 Å². The Balaban J connectivity index is 3.23. The first-order chi connectivity index (χ1) is 10.4. The van der Waals surface area contributed by atoms with E-state index >= 15 is 0 Å². The minimum atomic E-state index is -1.00. The van der Waals surface area contributed by atoms with Crippen LogP contribution in [-0.4, -0.2) is 29.4 Å². The second-order valence-electron chi connectivity index (χ2n) is 4.05. The maximum Gasteiger partial charge on any atom is 0.343 e. The highest BCUT2D eigenvalue weighted by Crippen LogP contribution is 2.21. The Hall–Kier alpha value is -2.16. The van der Waals surface area contributed by atoms with Crippen molar-refractivity contribution in [3.8, 4) is 5.75 Å². The number of rotatable bonds is 6. The molecule has 0 unspecified atom stereocenters. The lowest BCUT2D eigenvalue weighted by Gasteiger charge is -2.06. The van der Waals surface area contributed by atoms with Crippen LogP contribution in [0.15, 0.2) is 45.6 Å². The van der Waals surface area contributed by atoms with Gasteiger partial charge in [0.25, 0.3) is 5.91 Å². The topological polar surface area (TPSA) is 107 Å². The first kappa shape index (κ1) is 17.9. The van der Waals surface area contributed by atoms with Crippen LogP contribution < -0.4 is 5.73 Å². The molecule has 0 aliphatic carbocycles. The molecule has 22 heavy (non-hydrogen) atoms. The summed E-state index contributed by atoms with van der Waals surface area (Å²) in [5, 5.41) is 9.71. The van der Waals surface area contributed by atoms with Gasteiger partial charge in [0.2, 0.25) is 0 Å². The van der Waals surface area contributed by atoms with Gasteiger partial charge >= 0.3 is 5.97 Å². The number of aromatic hydroxyl groups is 1. The van der Waals surface area contributed by atoms with E-state index in [1.54, 1.807) is 41.6 Å². The zero-order valence-electron chi connectivity index (χ0n) is 11.7. The molecule has 0 fully saturated rings. The third kappa shape index (κ3) is 4.42. The Kier molecular flexibility index (Phi) is 6.77. The molecule has 0 bridgehead atoms. The lowest BCUT2D eigenvalue weighted by atomic mass is 10.0. The van der Waals surface area contributed by atoms with E-state index < -0.39 is 23.2 Å². The Morgan fingerprint density at radius 1 is 1.32 bits per heavy atom. The third-order valence-corrected chi connectivity index (χ3v) is 3.26. The van der Waals surface area contributed by atoms with Gasteiger partial charge in [-0.3, -0.25) is 9.59 Å².